The fourth-order valence-corrected chi connectivity index (χ4v) is 2.71. The summed E-state index contributed by atoms with van der Waals surface area (Å²) >= 11 is 0. The van der Waals surface area contributed by atoms with Gasteiger partial charge >= 0.3 is 0 Å². The van der Waals surface area contributed by atoms with Crippen LogP contribution in [0.3, 0.4) is 0 Å². The van der Waals surface area contributed by atoms with Crippen LogP contribution in [0.2, 0.25) is 0 Å². The molecule has 0 heterocycles. The number of halogens is 1. The second-order valence-corrected chi connectivity index (χ2v) is 5.22. The van der Waals surface area contributed by atoms with Crippen LogP contribution >= 0.6 is 0 Å². The summed E-state index contributed by atoms with van der Waals surface area (Å²) in [5.41, 5.74) is 3.01. The van der Waals surface area contributed by atoms with Gasteiger partial charge < -0.3 is 0 Å². The Morgan fingerprint density at radius 3 is 1.85 bits per heavy atom. The van der Waals surface area contributed by atoms with Gasteiger partial charge in [-0.25, -0.2) is 4.39 Å². The van der Waals surface area contributed by atoms with Crippen molar-refractivity contribution in [1.82, 2.24) is 0 Å². The van der Waals surface area contributed by atoms with E-state index in [1.54, 1.807) is 0 Å². The van der Waals surface area contributed by atoms with Gasteiger partial charge in [0, 0.05) is 11.1 Å². The van der Waals surface area contributed by atoms with Crippen LogP contribution in [0, 0.1) is 0 Å². The molecule has 1 saturated carbocycles. The summed E-state index contributed by atoms with van der Waals surface area (Å²) in [5.74, 6) is 0. The summed E-state index contributed by atoms with van der Waals surface area (Å²) in [6.07, 6.45) is 1.64. The summed E-state index contributed by atoms with van der Waals surface area (Å²) in [4.78, 5) is 4.74. The molecule has 2 aromatic carbocycles. The van der Waals surface area contributed by atoms with Crippen molar-refractivity contribution >= 4 is 5.71 Å². The predicted octanol–water partition coefficient (Wildman–Crippen LogP) is 4.41. The molecule has 0 spiro atoms. The first-order chi connectivity index (χ1) is 9.84. The molecule has 1 nitrogen and oxygen atoms in total. The molecule has 102 valence electrons. The van der Waals surface area contributed by atoms with Gasteiger partial charge in [0.2, 0.25) is 0 Å². The number of nitrogens with zero attached hydrogens (tertiary/aromatic N) is 1. The van der Waals surface area contributed by atoms with E-state index in [-0.39, 0.29) is 6.04 Å². The van der Waals surface area contributed by atoms with Crippen molar-refractivity contribution in [2.45, 2.75) is 31.5 Å². The van der Waals surface area contributed by atoms with E-state index in [1.807, 2.05) is 60.7 Å². The van der Waals surface area contributed by atoms with E-state index >= 15 is 0 Å². The molecular formula is C18H18FN. The van der Waals surface area contributed by atoms with E-state index < -0.39 is 6.17 Å². The van der Waals surface area contributed by atoms with Crippen LogP contribution < -0.4 is 0 Å². The topological polar surface area (TPSA) is 12.4 Å². The molecule has 0 N–H and O–H groups in total. The third kappa shape index (κ3) is 2.79. The molecule has 2 atom stereocenters. The maximum atomic E-state index is 13.9. The van der Waals surface area contributed by atoms with E-state index in [0.717, 1.165) is 29.7 Å². The standard InChI is InChI=1S/C18H18FN/c19-16-12-7-13-17(16)20-18(14-8-3-1-4-9-14)15-10-5-2-6-11-15/h1-6,8-11,16-17H,7,12-13H2/t16-,17+/m0/s1. The number of rotatable bonds is 3. The van der Waals surface area contributed by atoms with Crippen molar-refractivity contribution in [1.29, 1.82) is 0 Å². The van der Waals surface area contributed by atoms with Crippen molar-refractivity contribution in [3.8, 4) is 0 Å². The Hall–Kier alpha value is -1.96. The summed E-state index contributed by atoms with van der Waals surface area (Å²) in [5, 5.41) is 0. The minimum absolute atomic E-state index is 0.189. The van der Waals surface area contributed by atoms with Crippen LogP contribution in [-0.2, 0) is 0 Å². The number of aliphatic imine (C=N–C) groups is 1. The van der Waals surface area contributed by atoms with Gasteiger partial charge in [-0.05, 0) is 19.3 Å². The van der Waals surface area contributed by atoms with E-state index in [4.69, 9.17) is 4.99 Å². The molecule has 0 unspecified atom stereocenters. The Kier molecular flexibility index (Phi) is 3.91. The smallest absolute Gasteiger partial charge is 0.122 e. The normalized spacial score (nSPS) is 21.6. The summed E-state index contributed by atoms with van der Waals surface area (Å²) < 4.78 is 13.9. The van der Waals surface area contributed by atoms with Gasteiger partial charge in [0.15, 0.2) is 0 Å². The van der Waals surface area contributed by atoms with E-state index in [1.165, 1.54) is 0 Å². The third-order valence-corrected chi connectivity index (χ3v) is 3.79. The third-order valence-electron chi connectivity index (χ3n) is 3.79. The van der Waals surface area contributed by atoms with Crippen LogP contribution in [0.5, 0.6) is 0 Å². The highest BCUT2D eigenvalue weighted by Gasteiger charge is 2.27. The maximum Gasteiger partial charge on any atom is 0.122 e. The quantitative estimate of drug-likeness (QED) is 0.730. The number of hydrogen-bond donors (Lipinski definition) is 0. The molecule has 3 rings (SSSR count). The number of alkyl halides is 1. The summed E-state index contributed by atoms with van der Waals surface area (Å²) in [6.45, 7) is 0. The van der Waals surface area contributed by atoms with Crippen molar-refractivity contribution in [3.63, 3.8) is 0 Å². The van der Waals surface area contributed by atoms with Crippen molar-refractivity contribution in [3.05, 3.63) is 71.8 Å². The Balaban J connectivity index is 2.02. The molecule has 0 amide bonds. The summed E-state index contributed by atoms with van der Waals surface area (Å²) in [6, 6.07) is 19.9. The Morgan fingerprint density at radius 2 is 1.40 bits per heavy atom. The van der Waals surface area contributed by atoms with E-state index in [2.05, 4.69) is 0 Å². The zero-order chi connectivity index (χ0) is 13.8. The monoisotopic (exact) mass is 267 g/mol. The Morgan fingerprint density at radius 1 is 0.850 bits per heavy atom. The van der Waals surface area contributed by atoms with Gasteiger partial charge in [-0.2, -0.15) is 0 Å². The average Bonchev–Trinajstić information content (AvgIpc) is 2.92. The SMILES string of the molecule is F[C@H]1CCC[C@H]1N=C(c1ccccc1)c1ccccc1. The van der Waals surface area contributed by atoms with E-state index in [9.17, 15) is 4.39 Å². The molecule has 0 radical (unpaired) electrons. The van der Waals surface area contributed by atoms with Gasteiger partial charge in [0.1, 0.15) is 6.17 Å². The summed E-state index contributed by atoms with van der Waals surface area (Å²) in [7, 11) is 0. The fourth-order valence-electron chi connectivity index (χ4n) is 2.71. The van der Waals surface area contributed by atoms with Gasteiger partial charge in [-0.15, -0.1) is 0 Å². The minimum Gasteiger partial charge on any atom is -0.278 e. The van der Waals surface area contributed by atoms with Gasteiger partial charge in [0.25, 0.3) is 0 Å². The molecule has 2 heteroatoms. The lowest BCUT2D eigenvalue weighted by Gasteiger charge is -2.13. The van der Waals surface area contributed by atoms with Crippen LogP contribution in [0.4, 0.5) is 4.39 Å². The Labute approximate surface area is 119 Å². The highest BCUT2D eigenvalue weighted by atomic mass is 19.1. The van der Waals surface area contributed by atoms with Crippen LogP contribution in [0.25, 0.3) is 0 Å². The second-order valence-electron chi connectivity index (χ2n) is 5.22. The molecule has 1 fully saturated rings. The zero-order valence-electron chi connectivity index (χ0n) is 11.4. The fraction of sp³-hybridized carbons (Fsp3) is 0.278. The van der Waals surface area contributed by atoms with Crippen LogP contribution in [-0.4, -0.2) is 17.9 Å². The molecule has 0 saturated heterocycles. The lowest BCUT2D eigenvalue weighted by Crippen LogP contribution is -2.16. The average molecular weight is 267 g/mol. The van der Waals surface area contributed by atoms with Crippen LogP contribution in [0.1, 0.15) is 30.4 Å². The molecule has 1 aliphatic carbocycles. The lowest BCUT2D eigenvalue weighted by molar-refractivity contribution is 0.314. The van der Waals surface area contributed by atoms with Gasteiger partial charge in [0.05, 0.1) is 11.8 Å². The highest BCUT2D eigenvalue weighted by molar-refractivity contribution is 6.12. The number of benzene rings is 2. The van der Waals surface area contributed by atoms with Gasteiger partial charge in [-0.3, -0.25) is 4.99 Å². The van der Waals surface area contributed by atoms with Crippen LogP contribution in [0.15, 0.2) is 65.7 Å². The zero-order valence-corrected chi connectivity index (χ0v) is 11.4. The first kappa shape index (κ1) is 13.0. The molecule has 2 aromatic rings. The van der Waals surface area contributed by atoms with E-state index in [0.29, 0.717) is 6.42 Å². The van der Waals surface area contributed by atoms with Gasteiger partial charge in [-0.1, -0.05) is 60.7 Å². The molecule has 0 bridgehead atoms. The molecule has 1 aliphatic rings. The first-order valence-corrected chi connectivity index (χ1v) is 7.17. The minimum atomic E-state index is -0.794. The highest BCUT2D eigenvalue weighted by Crippen LogP contribution is 2.26. The second kappa shape index (κ2) is 6.00. The van der Waals surface area contributed by atoms with Crippen molar-refractivity contribution < 1.29 is 4.39 Å². The number of hydrogen-bond acceptors (Lipinski definition) is 1. The van der Waals surface area contributed by atoms with Crippen molar-refractivity contribution in [2.75, 3.05) is 0 Å². The van der Waals surface area contributed by atoms with Crippen molar-refractivity contribution in [2.24, 2.45) is 4.99 Å². The maximum absolute atomic E-state index is 13.9. The first-order valence-electron chi connectivity index (χ1n) is 7.17. The lowest BCUT2D eigenvalue weighted by atomic mass is 10.0. The molecular weight excluding hydrogens is 249 g/mol. The molecule has 20 heavy (non-hydrogen) atoms. The Bertz CT molecular complexity index is 535. The predicted molar refractivity (Wildman–Crippen MR) is 81.1 cm³/mol. The molecule has 0 aliphatic heterocycles. The molecule has 0 aromatic heterocycles. The largest absolute Gasteiger partial charge is 0.278 e.